The maximum Gasteiger partial charge on any atom is 0.131 e. The van der Waals surface area contributed by atoms with Crippen molar-refractivity contribution in [3.63, 3.8) is 0 Å². The van der Waals surface area contributed by atoms with E-state index < -0.39 is 0 Å². The average Bonchev–Trinajstić information content (AvgIpc) is 2.42. The molecule has 0 atom stereocenters. The lowest BCUT2D eigenvalue weighted by atomic mass is 10.2. The van der Waals surface area contributed by atoms with Gasteiger partial charge in [-0.25, -0.2) is 4.39 Å². The van der Waals surface area contributed by atoms with E-state index in [-0.39, 0.29) is 5.82 Å². The van der Waals surface area contributed by atoms with Crippen molar-refractivity contribution in [1.82, 2.24) is 15.3 Å². The highest BCUT2D eigenvalue weighted by Crippen LogP contribution is 2.16. The van der Waals surface area contributed by atoms with Crippen LogP contribution in [-0.4, -0.2) is 17.1 Å². The summed E-state index contributed by atoms with van der Waals surface area (Å²) in [5.41, 5.74) is 2.31. The van der Waals surface area contributed by atoms with E-state index in [0.29, 0.717) is 24.4 Å². The highest BCUT2D eigenvalue weighted by Gasteiger charge is 2.04. The van der Waals surface area contributed by atoms with Gasteiger partial charge in [-0.05, 0) is 13.0 Å². The first-order chi connectivity index (χ1) is 9.19. The number of hydrogen-bond donors (Lipinski definition) is 1. The van der Waals surface area contributed by atoms with Gasteiger partial charge in [0.2, 0.25) is 0 Å². The molecule has 0 radical (unpaired) electrons. The van der Waals surface area contributed by atoms with Gasteiger partial charge in [0.25, 0.3) is 0 Å². The summed E-state index contributed by atoms with van der Waals surface area (Å²) in [5, 5.41) is 3.13. The molecule has 0 saturated carbocycles. The van der Waals surface area contributed by atoms with E-state index in [1.165, 1.54) is 13.2 Å². The molecule has 0 fully saturated rings. The fourth-order valence-corrected chi connectivity index (χ4v) is 1.63. The van der Waals surface area contributed by atoms with Crippen molar-refractivity contribution in [2.45, 2.75) is 20.0 Å². The number of rotatable bonds is 5. The van der Waals surface area contributed by atoms with Crippen LogP contribution in [0.15, 0.2) is 30.6 Å². The number of aryl methyl sites for hydroxylation is 1. The minimum Gasteiger partial charge on any atom is -0.497 e. The summed E-state index contributed by atoms with van der Waals surface area (Å²) in [6.07, 6.45) is 3.43. The predicted octanol–water partition coefficient (Wildman–Crippen LogP) is 2.22. The van der Waals surface area contributed by atoms with Crippen molar-refractivity contribution in [2.75, 3.05) is 7.11 Å². The Balaban J connectivity index is 1.90. The Hall–Kier alpha value is -2.01. The molecule has 0 unspecified atom stereocenters. The summed E-state index contributed by atoms with van der Waals surface area (Å²) in [5.74, 6) is 0.243. The molecule has 1 heterocycles. The van der Waals surface area contributed by atoms with E-state index in [0.717, 1.165) is 11.4 Å². The van der Waals surface area contributed by atoms with Crippen LogP contribution in [0.4, 0.5) is 4.39 Å². The molecule has 1 N–H and O–H groups in total. The van der Waals surface area contributed by atoms with E-state index in [9.17, 15) is 4.39 Å². The van der Waals surface area contributed by atoms with Crippen LogP contribution in [0.5, 0.6) is 5.75 Å². The number of methoxy groups -OCH3 is 1. The molecule has 0 bridgehead atoms. The number of benzene rings is 1. The maximum atomic E-state index is 13.7. The molecule has 2 aromatic rings. The van der Waals surface area contributed by atoms with Crippen LogP contribution >= 0.6 is 0 Å². The molecular weight excluding hydrogens is 245 g/mol. The molecule has 4 nitrogen and oxygen atoms in total. The third-order valence-corrected chi connectivity index (χ3v) is 2.72. The van der Waals surface area contributed by atoms with Crippen LogP contribution in [0.3, 0.4) is 0 Å². The predicted molar refractivity (Wildman–Crippen MR) is 70.3 cm³/mol. The monoisotopic (exact) mass is 261 g/mol. The largest absolute Gasteiger partial charge is 0.497 e. The molecule has 1 aromatic heterocycles. The summed E-state index contributed by atoms with van der Waals surface area (Å²) in [6.45, 7) is 2.88. The first-order valence-corrected chi connectivity index (χ1v) is 5.99. The van der Waals surface area contributed by atoms with Crippen molar-refractivity contribution in [2.24, 2.45) is 0 Å². The van der Waals surface area contributed by atoms with E-state index in [4.69, 9.17) is 4.74 Å². The lowest BCUT2D eigenvalue weighted by molar-refractivity contribution is 0.410. The number of hydrogen-bond acceptors (Lipinski definition) is 4. The minimum atomic E-state index is -0.276. The smallest absolute Gasteiger partial charge is 0.131 e. The van der Waals surface area contributed by atoms with E-state index in [1.807, 2.05) is 6.92 Å². The Morgan fingerprint density at radius 2 is 2.05 bits per heavy atom. The Kier molecular flexibility index (Phi) is 4.41. The molecule has 100 valence electrons. The van der Waals surface area contributed by atoms with Crippen molar-refractivity contribution >= 4 is 0 Å². The Labute approximate surface area is 111 Å². The summed E-state index contributed by atoms with van der Waals surface area (Å²) in [4.78, 5) is 8.37. The number of nitrogens with zero attached hydrogens (tertiary/aromatic N) is 2. The van der Waals surface area contributed by atoms with Gasteiger partial charge in [0.1, 0.15) is 11.6 Å². The second-order valence-corrected chi connectivity index (χ2v) is 4.21. The Morgan fingerprint density at radius 3 is 2.68 bits per heavy atom. The summed E-state index contributed by atoms with van der Waals surface area (Å²) >= 11 is 0. The average molecular weight is 261 g/mol. The van der Waals surface area contributed by atoms with Crippen LogP contribution in [0.25, 0.3) is 0 Å². The molecule has 2 rings (SSSR count). The Bertz CT molecular complexity index is 543. The van der Waals surface area contributed by atoms with Gasteiger partial charge in [0.15, 0.2) is 0 Å². The molecule has 0 aliphatic heterocycles. The van der Waals surface area contributed by atoms with Crippen LogP contribution in [0.1, 0.15) is 17.0 Å². The van der Waals surface area contributed by atoms with Gasteiger partial charge in [-0.15, -0.1) is 0 Å². The SMILES string of the molecule is COc1ccc(CNCc2cnc(C)cn2)c(F)c1. The van der Waals surface area contributed by atoms with Crippen molar-refractivity contribution in [3.05, 3.63) is 53.4 Å². The quantitative estimate of drug-likeness (QED) is 0.896. The van der Waals surface area contributed by atoms with Crippen LogP contribution < -0.4 is 10.1 Å². The maximum absolute atomic E-state index is 13.7. The summed E-state index contributed by atoms with van der Waals surface area (Å²) < 4.78 is 18.6. The van der Waals surface area contributed by atoms with Crippen LogP contribution in [-0.2, 0) is 13.1 Å². The van der Waals surface area contributed by atoms with Crippen molar-refractivity contribution < 1.29 is 9.13 Å². The highest BCUT2D eigenvalue weighted by atomic mass is 19.1. The number of ether oxygens (including phenoxy) is 1. The van der Waals surface area contributed by atoms with Crippen molar-refractivity contribution in [3.8, 4) is 5.75 Å². The number of nitrogens with one attached hydrogen (secondary N) is 1. The standard InChI is InChI=1S/C14H16FN3O/c1-10-6-18-12(9-17-10)8-16-7-11-3-4-13(19-2)5-14(11)15/h3-6,9,16H,7-8H2,1-2H3. The highest BCUT2D eigenvalue weighted by molar-refractivity contribution is 5.28. The van der Waals surface area contributed by atoms with E-state index in [1.54, 1.807) is 24.5 Å². The zero-order valence-electron chi connectivity index (χ0n) is 11.0. The van der Waals surface area contributed by atoms with Gasteiger partial charge in [-0.2, -0.15) is 0 Å². The Morgan fingerprint density at radius 1 is 1.21 bits per heavy atom. The molecule has 0 aliphatic rings. The molecule has 0 amide bonds. The second kappa shape index (κ2) is 6.24. The topological polar surface area (TPSA) is 47.0 Å². The second-order valence-electron chi connectivity index (χ2n) is 4.21. The molecule has 1 aromatic carbocycles. The third-order valence-electron chi connectivity index (χ3n) is 2.72. The zero-order valence-corrected chi connectivity index (χ0v) is 11.0. The van der Waals surface area contributed by atoms with Gasteiger partial charge in [0.05, 0.1) is 18.5 Å². The van der Waals surface area contributed by atoms with Crippen LogP contribution in [0, 0.1) is 12.7 Å². The van der Waals surface area contributed by atoms with Gasteiger partial charge >= 0.3 is 0 Å². The zero-order chi connectivity index (χ0) is 13.7. The lowest BCUT2D eigenvalue weighted by Gasteiger charge is -2.07. The van der Waals surface area contributed by atoms with Crippen LogP contribution in [0.2, 0.25) is 0 Å². The lowest BCUT2D eigenvalue weighted by Crippen LogP contribution is -2.15. The fraction of sp³-hybridized carbons (Fsp3) is 0.286. The third kappa shape index (κ3) is 3.72. The van der Waals surface area contributed by atoms with Gasteiger partial charge in [-0.3, -0.25) is 9.97 Å². The first-order valence-electron chi connectivity index (χ1n) is 5.99. The van der Waals surface area contributed by atoms with Crippen molar-refractivity contribution in [1.29, 1.82) is 0 Å². The molecule has 0 saturated heterocycles. The molecule has 0 aliphatic carbocycles. The summed E-state index contributed by atoms with van der Waals surface area (Å²) in [7, 11) is 1.52. The number of aromatic nitrogens is 2. The van der Waals surface area contributed by atoms with Gasteiger partial charge in [0, 0.05) is 37.1 Å². The van der Waals surface area contributed by atoms with Gasteiger partial charge < -0.3 is 10.1 Å². The summed E-state index contributed by atoms with van der Waals surface area (Å²) in [6, 6.07) is 4.83. The molecule has 0 spiro atoms. The molecular formula is C14H16FN3O. The normalized spacial score (nSPS) is 10.5. The first kappa shape index (κ1) is 13.4. The fourth-order valence-electron chi connectivity index (χ4n) is 1.63. The van der Waals surface area contributed by atoms with E-state index >= 15 is 0 Å². The number of halogens is 1. The molecule has 5 heteroatoms. The van der Waals surface area contributed by atoms with E-state index in [2.05, 4.69) is 15.3 Å². The van der Waals surface area contributed by atoms with Gasteiger partial charge in [-0.1, -0.05) is 6.07 Å². The minimum absolute atomic E-state index is 0.276. The molecule has 19 heavy (non-hydrogen) atoms.